The van der Waals surface area contributed by atoms with Crippen LogP contribution in [-0.2, 0) is 9.53 Å². The van der Waals surface area contributed by atoms with E-state index >= 15 is 0 Å². The predicted molar refractivity (Wildman–Crippen MR) is 88.5 cm³/mol. The number of amides is 1. The van der Waals surface area contributed by atoms with Gasteiger partial charge in [-0.2, -0.15) is 0 Å². The minimum absolute atomic E-state index is 0.0484. The van der Waals surface area contributed by atoms with E-state index in [1.54, 1.807) is 0 Å². The summed E-state index contributed by atoms with van der Waals surface area (Å²) >= 11 is 11.6. The van der Waals surface area contributed by atoms with Gasteiger partial charge in [-0.05, 0) is 30.3 Å². The van der Waals surface area contributed by atoms with Crippen LogP contribution in [0.2, 0.25) is 10.0 Å². The predicted octanol–water partition coefficient (Wildman–Crippen LogP) is 3.70. The number of anilines is 1. The van der Waals surface area contributed by atoms with Gasteiger partial charge < -0.3 is 10.1 Å². The highest BCUT2D eigenvalue weighted by Crippen LogP contribution is 2.21. The van der Waals surface area contributed by atoms with E-state index in [1.165, 1.54) is 42.5 Å². The van der Waals surface area contributed by atoms with Crippen LogP contribution in [0.1, 0.15) is 10.4 Å². The van der Waals surface area contributed by atoms with Crippen LogP contribution in [0.25, 0.3) is 0 Å². The van der Waals surface area contributed by atoms with E-state index in [0.717, 1.165) is 0 Å². The van der Waals surface area contributed by atoms with Gasteiger partial charge in [0.1, 0.15) is 0 Å². The van der Waals surface area contributed by atoms with Gasteiger partial charge in [0.2, 0.25) is 0 Å². The molecule has 1 N–H and O–H groups in total. The van der Waals surface area contributed by atoms with E-state index in [1.807, 2.05) is 0 Å². The van der Waals surface area contributed by atoms with Crippen molar-refractivity contribution in [2.75, 3.05) is 11.9 Å². The van der Waals surface area contributed by atoms with Crippen LogP contribution >= 0.6 is 23.2 Å². The molecule has 0 spiro atoms. The second-order valence-corrected chi connectivity index (χ2v) is 5.40. The number of carbonyl (C=O) groups excluding carboxylic acids is 2. The zero-order valence-corrected chi connectivity index (χ0v) is 13.5. The van der Waals surface area contributed by atoms with Crippen LogP contribution in [0.5, 0.6) is 0 Å². The lowest BCUT2D eigenvalue weighted by molar-refractivity contribution is -0.384. The average Bonchev–Trinajstić information content (AvgIpc) is 2.55. The number of nitro benzene ring substituents is 1. The highest BCUT2D eigenvalue weighted by atomic mass is 35.5. The van der Waals surface area contributed by atoms with E-state index in [-0.39, 0.29) is 16.3 Å². The van der Waals surface area contributed by atoms with E-state index in [0.29, 0.717) is 10.7 Å². The first kappa shape index (κ1) is 17.7. The Morgan fingerprint density at radius 2 is 1.79 bits per heavy atom. The summed E-state index contributed by atoms with van der Waals surface area (Å²) < 4.78 is 4.86. The van der Waals surface area contributed by atoms with Crippen molar-refractivity contribution in [2.24, 2.45) is 0 Å². The van der Waals surface area contributed by atoms with E-state index < -0.39 is 23.4 Å². The van der Waals surface area contributed by atoms with Gasteiger partial charge in [0.15, 0.2) is 6.61 Å². The second-order valence-electron chi connectivity index (χ2n) is 4.55. The van der Waals surface area contributed by atoms with Crippen LogP contribution in [0.3, 0.4) is 0 Å². The molecule has 2 rings (SSSR count). The molecule has 124 valence electrons. The van der Waals surface area contributed by atoms with Crippen molar-refractivity contribution in [1.29, 1.82) is 0 Å². The second kappa shape index (κ2) is 7.76. The molecule has 0 radical (unpaired) electrons. The van der Waals surface area contributed by atoms with Crippen molar-refractivity contribution >= 4 is 46.5 Å². The fourth-order valence-corrected chi connectivity index (χ4v) is 2.09. The maximum absolute atomic E-state index is 11.9. The minimum atomic E-state index is -0.790. The molecule has 7 nitrogen and oxygen atoms in total. The molecule has 1 amide bonds. The first-order chi connectivity index (χ1) is 11.4. The number of nitrogens with zero attached hydrogens (tertiary/aromatic N) is 1. The molecule has 2 aromatic carbocycles. The third kappa shape index (κ3) is 4.68. The van der Waals surface area contributed by atoms with Crippen molar-refractivity contribution < 1.29 is 19.2 Å². The first-order valence-corrected chi connectivity index (χ1v) is 7.29. The van der Waals surface area contributed by atoms with Crippen molar-refractivity contribution in [2.45, 2.75) is 0 Å². The highest BCUT2D eigenvalue weighted by Gasteiger charge is 2.14. The lowest BCUT2D eigenvalue weighted by Gasteiger charge is -2.07. The van der Waals surface area contributed by atoms with Crippen molar-refractivity contribution in [3.05, 3.63) is 68.2 Å². The third-order valence-electron chi connectivity index (χ3n) is 2.84. The molecule has 0 bridgehead atoms. The molecule has 0 aliphatic carbocycles. The van der Waals surface area contributed by atoms with Gasteiger partial charge >= 0.3 is 5.97 Å². The fourth-order valence-electron chi connectivity index (χ4n) is 1.73. The molecular weight excluding hydrogens is 359 g/mol. The molecule has 0 aromatic heterocycles. The zero-order valence-electron chi connectivity index (χ0n) is 12.0. The highest BCUT2D eigenvalue weighted by molar-refractivity contribution is 6.35. The number of benzene rings is 2. The van der Waals surface area contributed by atoms with Crippen molar-refractivity contribution in [3.8, 4) is 0 Å². The lowest BCUT2D eigenvalue weighted by atomic mass is 10.2. The normalized spacial score (nSPS) is 10.1. The molecule has 0 saturated carbocycles. The first-order valence-electron chi connectivity index (χ1n) is 6.53. The van der Waals surface area contributed by atoms with Crippen LogP contribution in [0.4, 0.5) is 11.4 Å². The number of hydrogen-bond donors (Lipinski definition) is 1. The topological polar surface area (TPSA) is 98.5 Å². The number of halogens is 2. The Labute approximate surface area is 146 Å². The number of ether oxygens (including phenoxy) is 1. The molecule has 0 saturated heterocycles. The molecule has 24 heavy (non-hydrogen) atoms. The maximum Gasteiger partial charge on any atom is 0.340 e. The van der Waals surface area contributed by atoms with Crippen LogP contribution < -0.4 is 5.32 Å². The minimum Gasteiger partial charge on any atom is -0.452 e. The summed E-state index contributed by atoms with van der Waals surface area (Å²) in [6.07, 6.45) is 0. The molecule has 0 fully saturated rings. The number of nitro groups is 1. The fraction of sp³-hybridized carbons (Fsp3) is 0.0667. The van der Waals surface area contributed by atoms with E-state index in [2.05, 4.69) is 5.32 Å². The maximum atomic E-state index is 11.9. The van der Waals surface area contributed by atoms with Gasteiger partial charge in [-0.15, -0.1) is 0 Å². The molecule has 2 aromatic rings. The third-order valence-corrected chi connectivity index (χ3v) is 3.41. The van der Waals surface area contributed by atoms with E-state index in [4.69, 9.17) is 27.9 Å². The number of hydrogen-bond acceptors (Lipinski definition) is 5. The largest absolute Gasteiger partial charge is 0.452 e. The summed E-state index contributed by atoms with van der Waals surface area (Å²) in [4.78, 5) is 33.6. The van der Waals surface area contributed by atoms with Gasteiger partial charge in [-0.25, -0.2) is 4.79 Å². The molecule has 0 heterocycles. The Kier molecular flexibility index (Phi) is 5.73. The Morgan fingerprint density at radius 1 is 1.12 bits per heavy atom. The summed E-state index contributed by atoms with van der Waals surface area (Å²) in [6.45, 7) is -0.543. The van der Waals surface area contributed by atoms with Crippen molar-refractivity contribution in [3.63, 3.8) is 0 Å². The van der Waals surface area contributed by atoms with Gasteiger partial charge in [-0.3, -0.25) is 14.9 Å². The van der Waals surface area contributed by atoms with Gasteiger partial charge in [0, 0.05) is 22.8 Å². The molecule has 9 heteroatoms. The number of rotatable bonds is 5. The Morgan fingerprint density at radius 3 is 2.42 bits per heavy atom. The van der Waals surface area contributed by atoms with Crippen LogP contribution in [0, 0.1) is 10.1 Å². The average molecular weight is 369 g/mol. The molecule has 0 unspecified atom stereocenters. The van der Waals surface area contributed by atoms with Crippen molar-refractivity contribution in [1.82, 2.24) is 0 Å². The molecular formula is C15H10Cl2N2O5. The SMILES string of the molecule is O=C(COC(=O)c1cc(Cl)ccc1Cl)Nc1ccc([N+](=O)[O-])cc1. The number of esters is 1. The summed E-state index contributed by atoms with van der Waals surface area (Å²) in [5, 5.41) is 13.4. The Hall–Kier alpha value is -2.64. The van der Waals surface area contributed by atoms with Gasteiger partial charge in [-0.1, -0.05) is 23.2 Å². The van der Waals surface area contributed by atoms with Gasteiger partial charge in [0.05, 0.1) is 15.5 Å². The summed E-state index contributed by atoms with van der Waals surface area (Å²) in [5.41, 5.74) is 0.282. The summed E-state index contributed by atoms with van der Waals surface area (Å²) in [7, 11) is 0. The number of nitrogens with one attached hydrogen (secondary N) is 1. The van der Waals surface area contributed by atoms with Crippen LogP contribution in [-0.4, -0.2) is 23.4 Å². The number of non-ortho nitro benzene ring substituents is 1. The smallest absolute Gasteiger partial charge is 0.340 e. The Balaban J connectivity index is 1.92. The standard InChI is InChI=1S/C15H10Cl2N2O5/c16-9-1-6-13(17)12(7-9)15(21)24-8-14(20)18-10-2-4-11(5-3-10)19(22)23/h1-7H,8H2,(H,18,20). The molecule has 0 aliphatic rings. The Bertz CT molecular complexity index is 793. The molecule has 0 atom stereocenters. The summed E-state index contributed by atoms with van der Waals surface area (Å²) in [5.74, 6) is -1.39. The quantitative estimate of drug-likeness (QED) is 0.492. The lowest BCUT2D eigenvalue weighted by Crippen LogP contribution is -2.21. The van der Waals surface area contributed by atoms with E-state index in [9.17, 15) is 19.7 Å². The van der Waals surface area contributed by atoms with Gasteiger partial charge in [0.25, 0.3) is 11.6 Å². The zero-order chi connectivity index (χ0) is 17.7. The monoisotopic (exact) mass is 368 g/mol. The number of carbonyl (C=O) groups is 2. The summed E-state index contributed by atoms with van der Waals surface area (Å²) in [6, 6.07) is 9.51. The molecule has 0 aliphatic heterocycles. The van der Waals surface area contributed by atoms with Crippen LogP contribution in [0.15, 0.2) is 42.5 Å².